The van der Waals surface area contributed by atoms with Crippen LogP contribution in [0, 0.1) is 0 Å². The first-order chi connectivity index (χ1) is 11.3. The van der Waals surface area contributed by atoms with E-state index in [4.69, 9.17) is 14.2 Å². The Bertz CT molecular complexity index is 684. The predicted molar refractivity (Wildman–Crippen MR) is 90.7 cm³/mol. The molecule has 1 aliphatic heterocycles. The van der Waals surface area contributed by atoms with Crippen molar-refractivity contribution in [3.63, 3.8) is 0 Å². The third-order valence-electron chi connectivity index (χ3n) is 4.23. The van der Waals surface area contributed by atoms with Crippen LogP contribution in [0.25, 0.3) is 0 Å². The second-order valence-corrected chi connectivity index (χ2v) is 5.54. The van der Waals surface area contributed by atoms with E-state index < -0.39 is 0 Å². The molecule has 1 unspecified atom stereocenters. The second-order valence-electron chi connectivity index (χ2n) is 5.54. The van der Waals surface area contributed by atoms with Crippen LogP contribution in [-0.4, -0.2) is 27.4 Å². The van der Waals surface area contributed by atoms with Gasteiger partial charge in [0.1, 0.15) is 17.2 Å². The molecule has 0 bridgehead atoms. The number of ether oxygens (including phenoxy) is 3. The molecule has 0 aromatic heterocycles. The first-order valence-electron chi connectivity index (χ1n) is 7.97. The average molecular weight is 313 g/mol. The van der Waals surface area contributed by atoms with Gasteiger partial charge in [-0.1, -0.05) is 6.07 Å². The quantitative estimate of drug-likeness (QED) is 0.919. The Morgan fingerprint density at radius 1 is 1.00 bits per heavy atom. The fourth-order valence-corrected chi connectivity index (χ4v) is 3.14. The van der Waals surface area contributed by atoms with Gasteiger partial charge in [0.15, 0.2) is 0 Å². The maximum Gasteiger partial charge on any atom is 0.124 e. The monoisotopic (exact) mass is 313 g/mol. The molecule has 1 atom stereocenters. The molecule has 1 heterocycles. The van der Waals surface area contributed by atoms with Gasteiger partial charge in [0.25, 0.3) is 0 Å². The Morgan fingerprint density at radius 3 is 2.57 bits per heavy atom. The minimum absolute atomic E-state index is 0.0967. The van der Waals surface area contributed by atoms with Crippen molar-refractivity contribution in [2.24, 2.45) is 0 Å². The summed E-state index contributed by atoms with van der Waals surface area (Å²) in [5, 5.41) is 3.59. The van der Waals surface area contributed by atoms with Crippen molar-refractivity contribution in [1.29, 1.82) is 0 Å². The lowest BCUT2D eigenvalue weighted by Crippen LogP contribution is -2.30. The van der Waals surface area contributed by atoms with Gasteiger partial charge >= 0.3 is 0 Å². The topological polar surface area (TPSA) is 39.7 Å². The van der Waals surface area contributed by atoms with Gasteiger partial charge in [-0.15, -0.1) is 0 Å². The molecule has 2 aromatic carbocycles. The Labute approximate surface area is 137 Å². The molecule has 23 heavy (non-hydrogen) atoms. The molecule has 2 aromatic rings. The summed E-state index contributed by atoms with van der Waals surface area (Å²) < 4.78 is 16.6. The molecule has 0 spiro atoms. The van der Waals surface area contributed by atoms with Crippen LogP contribution in [0.3, 0.4) is 0 Å². The van der Waals surface area contributed by atoms with E-state index in [1.165, 1.54) is 11.1 Å². The fraction of sp³-hybridized carbons (Fsp3) is 0.368. The van der Waals surface area contributed by atoms with E-state index in [-0.39, 0.29) is 6.04 Å². The molecule has 4 heteroatoms. The highest BCUT2D eigenvalue weighted by Gasteiger charge is 2.24. The van der Waals surface area contributed by atoms with Crippen LogP contribution in [0.15, 0.2) is 36.4 Å². The van der Waals surface area contributed by atoms with Crippen molar-refractivity contribution < 1.29 is 14.2 Å². The van der Waals surface area contributed by atoms with E-state index in [2.05, 4.69) is 17.4 Å². The number of rotatable bonds is 5. The number of benzene rings is 2. The lowest BCUT2D eigenvalue weighted by atomic mass is 9.89. The molecule has 122 valence electrons. The number of nitrogens with one attached hydrogen (secondary N) is 1. The summed E-state index contributed by atoms with van der Waals surface area (Å²) in [5.74, 6) is 2.63. The summed E-state index contributed by atoms with van der Waals surface area (Å²) in [6.45, 7) is 3.61. The zero-order valence-corrected chi connectivity index (χ0v) is 13.9. The van der Waals surface area contributed by atoms with Crippen LogP contribution < -0.4 is 19.5 Å². The lowest BCUT2D eigenvalue weighted by Gasteiger charge is -2.29. The van der Waals surface area contributed by atoms with E-state index in [1.54, 1.807) is 14.2 Å². The summed E-state index contributed by atoms with van der Waals surface area (Å²) in [4.78, 5) is 0. The molecule has 3 rings (SSSR count). The van der Waals surface area contributed by atoms with Crippen molar-refractivity contribution in [3.8, 4) is 17.2 Å². The average Bonchev–Trinajstić information content (AvgIpc) is 2.60. The Balaban J connectivity index is 2.03. The summed E-state index contributed by atoms with van der Waals surface area (Å²) in [6.07, 6.45) is 0.999. The highest BCUT2D eigenvalue weighted by atomic mass is 16.5. The van der Waals surface area contributed by atoms with Crippen LogP contribution in [-0.2, 0) is 6.42 Å². The third kappa shape index (κ3) is 3.13. The highest BCUT2D eigenvalue weighted by Crippen LogP contribution is 2.37. The molecule has 0 saturated heterocycles. The van der Waals surface area contributed by atoms with Crippen LogP contribution in [0.1, 0.15) is 29.7 Å². The van der Waals surface area contributed by atoms with Gasteiger partial charge in [-0.2, -0.15) is 0 Å². The highest BCUT2D eigenvalue weighted by molar-refractivity contribution is 5.50. The van der Waals surface area contributed by atoms with Gasteiger partial charge in [-0.25, -0.2) is 0 Å². The van der Waals surface area contributed by atoms with Gasteiger partial charge in [-0.3, -0.25) is 0 Å². The predicted octanol–water partition coefficient (Wildman–Crippen LogP) is 3.34. The van der Waals surface area contributed by atoms with E-state index in [1.807, 2.05) is 31.2 Å². The van der Waals surface area contributed by atoms with Crippen LogP contribution in [0.5, 0.6) is 17.2 Å². The molecule has 1 N–H and O–H groups in total. The third-order valence-corrected chi connectivity index (χ3v) is 4.23. The largest absolute Gasteiger partial charge is 0.497 e. The summed E-state index contributed by atoms with van der Waals surface area (Å²) >= 11 is 0. The van der Waals surface area contributed by atoms with Crippen molar-refractivity contribution >= 4 is 0 Å². The van der Waals surface area contributed by atoms with Gasteiger partial charge in [0, 0.05) is 12.1 Å². The maximum absolute atomic E-state index is 5.63. The van der Waals surface area contributed by atoms with E-state index in [0.717, 1.165) is 35.8 Å². The number of hydrogen-bond donors (Lipinski definition) is 1. The van der Waals surface area contributed by atoms with Crippen molar-refractivity contribution in [2.75, 3.05) is 27.4 Å². The Morgan fingerprint density at radius 2 is 1.83 bits per heavy atom. The number of methoxy groups -OCH3 is 2. The second kappa shape index (κ2) is 6.92. The maximum atomic E-state index is 5.63. The van der Waals surface area contributed by atoms with Crippen LogP contribution in [0.4, 0.5) is 0 Å². The minimum atomic E-state index is 0.0967. The smallest absolute Gasteiger partial charge is 0.124 e. The molecule has 4 nitrogen and oxygen atoms in total. The number of hydrogen-bond acceptors (Lipinski definition) is 4. The fourth-order valence-electron chi connectivity index (χ4n) is 3.14. The van der Waals surface area contributed by atoms with Crippen molar-refractivity contribution in [3.05, 3.63) is 53.1 Å². The van der Waals surface area contributed by atoms with Crippen LogP contribution >= 0.6 is 0 Å². The molecular formula is C19H23NO3. The summed E-state index contributed by atoms with van der Waals surface area (Å²) in [5.41, 5.74) is 3.69. The SMILES string of the molecule is CCOc1ccc2c(c1)CCNC2c1cc(OC)ccc1OC. The van der Waals surface area contributed by atoms with Crippen molar-refractivity contribution in [1.82, 2.24) is 5.32 Å². The molecule has 0 radical (unpaired) electrons. The van der Waals surface area contributed by atoms with Crippen molar-refractivity contribution in [2.45, 2.75) is 19.4 Å². The minimum Gasteiger partial charge on any atom is -0.497 e. The first kappa shape index (κ1) is 15.7. The molecule has 0 aliphatic carbocycles. The first-order valence-corrected chi connectivity index (χ1v) is 7.97. The Kier molecular flexibility index (Phi) is 4.72. The molecule has 0 saturated carbocycles. The normalized spacial score (nSPS) is 16.6. The molecule has 1 aliphatic rings. The van der Waals surface area contributed by atoms with E-state index >= 15 is 0 Å². The molecular weight excluding hydrogens is 290 g/mol. The summed E-state index contributed by atoms with van der Waals surface area (Å²) in [7, 11) is 3.38. The zero-order chi connectivity index (χ0) is 16.2. The number of fused-ring (bicyclic) bond motifs is 1. The van der Waals surface area contributed by atoms with Gasteiger partial charge in [0.2, 0.25) is 0 Å². The molecule has 0 amide bonds. The standard InChI is InChI=1S/C19H23NO3/c1-4-23-15-5-7-16-13(11-15)9-10-20-19(16)17-12-14(21-2)6-8-18(17)22-3/h5-8,11-12,19-20H,4,9-10H2,1-3H3. The van der Waals surface area contributed by atoms with Crippen LogP contribution in [0.2, 0.25) is 0 Å². The molecule has 0 fully saturated rings. The zero-order valence-electron chi connectivity index (χ0n) is 13.9. The Hall–Kier alpha value is -2.20. The lowest BCUT2D eigenvalue weighted by molar-refractivity contribution is 0.339. The van der Waals surface area contributed by atoms with E-state index in [9.17, 15) is 0 Å². The van der Waals surface area contributed by atoms with E-state index in [0.29, 0.717) is 6.61 Å². The van der Waals surface area contributed by atoms with Gasteiger partial charge in [-0.05, 0) is 54.8 Å². The summed E-state index contributed by atoms with van der Waals surface area (Å²) in [6, 6.07) is 12.4. The van der Waals surface area contributed by atoms with Gasteiger partial charge < -0.3 is 19.5 Å². The van der Waals surface area contributed by atoms with Gasteiger partial charge in [0.05, 0.1) is 26.9 Å².